The van der Waals surface area contributed by atoms with Crippen molar-refractivity contribution < 1.29 is 0 Å². The Morgan fingerprint density at radius 2 is 1.89 bits per heavy atom. The molecule has 4 nitrogen and oxygen atoms in total. The first-order chi connectivity index (χ1) is 12.8. The maximum absolute atomic E-state index is 4.83. The fraction of sp³-hybridized carbons (Fsp3) is 0.364. The summed E-state index contributed by atoms with van der Waals surface area (Å²) in [4.78, 5) is 11.6. The summed E-state index contributed by atoms with van der Waals surface area (Å²) in [6.45, 7) is 7.72. The zero-order valence-electron chi connectivity index (χ0n) is 16.2. The van der Waals surface area contributed by atoms with Crippen LogP contribution in [0.2, 0.25) is 0 Å². The smallest absolute Gasteiger partial charge is 0.194 e. The molecule has 0 bridgehead atoms. The molecule has 1 aromatic carbocycles. The van der Waals surface area contributed by atoms with Crippen molar-refractivity contribution in [1.82, 2.24) is 15.2 Å². The van der Waals surface area contributed by atoms with E-state index in [0.29, 0.717) is 6.54 Å². The largest absolute Gasteiger partial charge is 0.357 e. The lowest BCUT2D eigenvalue weighted by molar-refractivity contribution is 0.375. The number of pyridine rings is 1. The van der Waals surface area contributed by atoms with Gasteiger partial charge < -0.3 is 10.2 Å². The van der Waals surface area contributed by atoms with Crippen LogP contribution in [-0.4, -0.2) is 35.5 Å². The van der Waals surface area contributed by atoms with Gasteiger partial charge in [0.15, 0.2) is 5.96 Å². The quantitative estimate of drug-likeness (QED) is 0.397. The average Bonchev–Trinajstić information content (AvgIpc) is 2.68. The minimum atomic E-state index is 0. The third-order valence-electron chi connectivity index (χ3n) is 4.71. The summed E-state index contributed by atoms with van der Waals surface area (Å²) in [6.07, 6.45) is 6.34. The van der Waals surface area contributed by atoms with Gasteiger partial charge in [-0.05, 0) is 43.9 Å². The summed E-state index contributed by atoms with van der Waals surface area (Å²) in [5.74, 6) is 0.997. The first-order valence-corrected chi connectivity index (χ1v) is 9.44. The van der Waals surface area contributed by atoms with E-state index >= 15 is 0 Å². The number of aryl methyl sites for hydroxylation is 1. The molecular weight excluding hydrogens is 447 g/mol. The second-order valence-corrected chi connectivity index (χ2v) is 6.64. The van der Waals surface area contributed by atoms with Crippen LogP contribution in [0.25, 0.3) is 6.08 Å². The highest BCUT2D eigenvalue weighted by Gasteiger charge is 2.17. The Labute approximate surface area is 179 Å². The van der Waals surface area contributed by atoms with Gasteiger partial charge in [0, 0.05) is 25.8 Å². The van der Waals surface area contributed by atoms with Crippen molar-refractivity contribution >= 4 is 36.0 Å². The predicted molar refractivity (Wildman–Crippen MR) is 124 cm³/mol. The molecule has 0 unspecified atom stereocenters. The number of aliphatic imine (C=N–C) groups is 1. The third-order valence-corrected chi connectivity index (χ3v) is 4.71. The molecule has 2 aromatic rings. The number of hydrogen-bond acceptors (Lipinski definition) is 2. The third kappa shape index (κ3) is 6.34. The van der Waals surface area contributed by atoms with Crippen molar-refractivity contribution in [3.63, 3.8) is 0 Å². The van der Waals surface area contributed by atoms with E-state index in [0.717, 1.165) is 44.1 Å². The minimum absolute atomic E-state index is 0. The average molecular weight is 476 g/mol. The van der Waals surface area contributed by atoms with Crippen molar-refractivity contribution in [1.29, 1.82) is 0 Å². The van der Waals surface area contributed by atoms with Gasteiger partial charge in [-0.3, -0.25) is 4.98 Å². The lowest BCUT2D eigenvalue weighted by Crippen LogP contribution is -2.44. The molecule has 0 aliphatic carbocycles. The Morgan fingerprint density at radius 1 is 1.15 bits per heavy atom. The van der Waals surface area contributed by atoms with Crippen LogP contribution in [0, 0.1) is 6.92 Å². The molecule has 3 rings (SSSR count). The number of piperidine rings is 1. The number of likely N-dealkylation sites (tertiary alicyclic amines) is 1. The number of guanidine groups is 1. The van der Waals surface area contributed by atoms with E-state index < -0.39 is 0 Å². The zero-order valence-corrected chi connectivity index (χ0v) is 18.5. The number of hydrogen-bond donors (Lipinski definition) is 1. The van der Waals surface area contributed by atoms with Gasteiger partial charge >= 0.3 is 0 Å². The van der Waals surface area contributed by atoms with Crippen LogP contribution in [0.3, 0.4) is 0 Å². The fourth-order valence-electron chi connectivity index (χ4n) is 3.19. The molecule has 2 heterocycles. The summed E-state index contributed by atoms with van der Waals surface area (Å²) < 4.78 is 0. The normalized spacial score (nSPS) is 14.5. The molecule has 27 heavy (non-hydrogen) atoms. The summed E-state index contributed by atoms with van der Waals surface area (Å²) in [5.41, 5.74) is 5.05. The van der Waals surface area contributed by atoms with Crippen LogP contribution in [-0.2, 0) is 6.54 Å². The van der Waals surface area contributed by atoms with E-state index in [1.165, 1.54) is 16.7 Å². The van der Waals surface area contributed by atoms with Crippen molar-refractivity contribution in [2.24, 2.45) is 4.99 Å². The topological polar surface area (TPSA) is 40.5 Å². The second kappa shape index (κ2) is 11.1. The van der Waals surface area contributed by atoms with Crippen LogP contribution < -0.4 is 5.32 Å². The van der Waals surface area contributed by atoms with Crippen molar-refractivity contribution in [3.8, 4) is 0 Å². The second-order valence-electron chi connectivity index (χ2n) is 6.64. The zero-order chi connectivity index (χ0) is 18.2. The molecule has 144 valence electrons. The van der Waals surface area contributed by atoms with Crippen LogP contribution in [0.15, 0.2) is 59.2 Å². The van der Waals surface area contributed by atoms with Crippen molar-refractivity contribution in [3.05, 3.63) is 71.1 Å². The molecule has 1 saturated heterocycles. The van der Waals surface area contributed by atoms with E-state index in [-0.39, 0.29) is 24.0 Å². The van der Waals surface area contributed by atoms with Crippen LogP contribution in [0.5, 0.6) is 0 Å². The van der Waals surface area contributed by atoms with Gasteiger partial charge in [0.1, 0.15) is 0 Å². The monoisotopic (exact) mass is 476 g/mol. The Hall–Kier alpha value is -1.89. The molecule has 1 fully saturated rings. The fourth-order valence-corrected chi connectivity index (χ4v) is 3.19. The number of benzene rings is 1. The van der Waals surface area contributed by atoms with Gasteiger partial charge in [-0.1, -0.05) is 48.0 Å². The number of nitrogens with one attached hydrogen (secondary N) is 1. The Kier molecular flexibility index (Phi) is 8.78. The molecule has 1 aliphatic heterocycles. The molecule has 0 radical (unpaired) electrons. The van der Waals surface area contributed by atoms with Crippen molar-refractivity contribution in [2.75, 3.05) is 19.6 Å². The van der Waals surface area contributed by atoms with Gasteiger partial charge in [-0.25, -0.2) is 4.99 Å². The lowest BCUT2D eigenvalue weighted by Gasteiger charge is -2.31. The first kappa shape index (κ1) is 21.4. The van der Waals surface area contributed by atoms with Gasteiger partial charge in [0.25, 0.3) is 0 Å². The molecule has 5 heteroatoms. The number of rotatable bonds is 4. The SMILES string of the molecule is CCNC(=NCc1ncccc1C)N1CCC(=Cc2ccccc2)CC1.I. The van der Waals surface area contributed by atoms with Crippen molar-refractivity contribution in [2.45, 2.75) is 33.2 Å². The Bertz CT molecular complexity index is 761. The van der Waals surface area contributed by atoms with Crippen LogP contribution in [0.1, 0.15) is 36.6 Å². The molecule has 1 aromatic heterocycles. The number of halogens is 1. The van der Waals surface area contributed by atoms with E-state index in [2.05, 4.69) is 71.5 Å². The maximum Gasteiger partial charge on any atom is 0.194 e. The highest BCUT2D eigenvalue weighted by atomic mass is 127. The van der Waals surface area contributed by atoms with E-state index in [9.17, 15) is 0 Å². The summed E-state index contributed by atoms with van der Waals surface area (Å²) in [7, 11) is 0. The molecule has 0 atom stereocenters. The maximum atomic E-state index is 4.83. The molecule has 0 amide bonds. The van der Waals surface area contributed by atoms with Gasteiger partial charge in [0.05, 0.1) is 12.2 Å². The minimum Gasteiger partial charge on any atom is -0.357 e. The summed E-state index contributed by atoms with van der Waals surface area (Å²) in [6, 6.07) is 14.6. The molecule has 0 saturated carbocycles. The van der Waals surface area contributed by atoms with Crippen LogP contribution in [0.4, 0.5) is 0 Å². The highest BCUT2D eigenvalue weighted by Crippen LogP contribution is 2.19. The van der Waals surface area contributed by atoms with Gasteiger partial charge in [-0.2, -0.15) is 0 Å². The Balaban J connectivity index is 0.00000261. The number of nitrogens with zero attached hydrogens (tertiary/aromatic N) is 3. The molecule has 1 N–H and O–H groups in total. The molecule has 1 aliphatic rings. The lowest BCUT2D eigenvalue weighted by atomic mass is 10.0. The van der Waals surface area contributed by atoms with Gasteiger partial charge in [0.2, 0.25) is 0 Å². The Morgan fingerprint density at radius 3 is 2.56 bits per heavy atom. The molecular formula is C22H29IN4. The molecule has 0 spiro atoms. The standard InChI is InChI=1S/C22H28N4.HI/c1-3-23-22(25-17-21-18(2)8-7-13-24-21)26-14-11-20(12-15-26)16-19-9-5-4-6-10-19;/h4-10,13,16H,3,11-12,14-15,17H2,1-2H3,(H,23,25);1H. The van der Waals surface area contributed by atoms with Gasteiger partial charge in [-0.15, -0.1) is 24.0 Å². The highest BCUT2D eigenvalue weighted by molar-refractivity contribution is 14.0. The number of aromatic nitrogens is 1. The summed E-state index contributed by atoms with van der Waals surface area (Å²) >= 11 is 0. The van der Waals surface area contributed by atoms with Crippen LogP contribution >= 0.6 is 24.0 Å². The van der Waals surface area contributed by atoms with E-state index in [1.54, 1.807) is 0 Å². The summed E-state index contributed by atoms with van der Waals surface area (Å²) in [5, 5.41) is 3.44. The van der Waals surface area contributed by atoms with E-state index in [1.807, 2.05) is 12.3 Å². The predicted octanol–water partition coefficient (Wildman–Crippen LogP) is 4.65. The first-order valence-electron chi connectivity index (χ1n) is 9.44. The van der Waals surface area contributed by atoms with E-state index in [4.69, 9.17) is 4.99 Å².